The molecule has 4 heteroatoms. The number of aromatic nitrogens is 4. The van der Waals surface area contributed by atoms with Gasteiger partial charge < -0.3 is 0 Å². The van der Waals surface area contributed by atoms with Crippen LogP contribution in [0.3, 0.4) is 0 Å². The van der Waals surface area contributed by atoms with Gasteiger partial charge in [-0.1, -0.05) is 23.7 Å². The van der Waals surface area contributed by atoms with Gasteiger partial charge in [0.05, 0.1) is 11.4 Å². The van der Waals surface area contributed by atoms with Crippen LogP contribution in [0, 0.1) is 23.7 Å². The van der Waals surface area contributed by atoms with Crippen molar-refractivity contribution in [3.05, 3.63) is 108 Å². The second kappa shape index (κ2) is 8.40. The number of pyridine rings is 4. The van der Waals surface area contributed by atoms with Crippen LogP contribution in [-0.2, 0) is 0 Å². The van der Waals surface area contributed by atoms with Crippen molar-refractivity contribution in [1.82, 2.24) is 19.9 Å². The Labute approximate surface area is 163 Å². The van der Waals surface area contributed by atoms with E-state index < -0.39 is 0 Å². The Morgan fingerprint density at radius 3 is 1.21 bits per heavy atom. The molecule has 28 heavy (non-hydrogen) atoms. The first kappa shape index (κ1) is 17.1. The summed E-state index contributed by atoms with van der Waals surface area (Å²) in [6, 6.07) is 15.3. The van der Waals surface area contributed by atoms with E-state index in [1.54, 1.807) is 37.2 Å². The molecule has 0 N–H and O–H groups in total. The zero-order chi connectivity index (χ0) is 19.0. The van der Waals surface area contributed by atoms with Crippen LogP contribution in [0.5, 0.6) is 0 Å². The van der Waals surface area contributed by atoms with Crippen LogP contribution in [0.2, 0.25) is 0 Å². The Morgan fingerprint density at radius 2 is 0.893 bits per heavy atom. The van der Waals surface area contributed by atoms with Crippen LogP contribution in [0.15, 0.2) is 85.7 Å². The lowest BCUT2D eigenvalue weighted by atomic mass is 10.2. The molecule has 0 aliphatic carbocycles. The molecular weight excluding hydrogens is 344 g/mol. The van der Waals surface area contributed by atoms with Gasteiger partial charge in [-0.3, -0.25) is 19.9 Å². The van der Waals surface area contributed by atoms with Crippen LogP contribution < -0.4 is 0 Å². The molecule has 0 aliphatic rings. The maximum atomic E-state index is 4.46. The second-order valence-corrected chi connectivity index (χ2v) is 5.85. The van der Waals surface area contributed by atoms with Gasteiger partial charge in [-0.25, -0.2) is 0 Å². The summed E-state index contributed by atoms with van der Waals surface area (Å²) in [6.07, 6.45) is 10.4. The van der Waals surface area contributed by atoms with Crippen molar-refractivity contribution in [3.63, 3.8) is 0 Å². The molecule has 0 atom stereocenters. The monoisotopic (exact) mass is 358 g/mol. The summed E-state index contributed by atoms with van der Waals surface area (Å²) in [6.45, 7) is 0. The zero-order valence-electron chi connectivity index (χ0n) is 14.9. The van der Waals surface area contributed by atoms with E-state index in [0.29, 0.717) is 0 Å². The van der Waals surface area contributed by atoms with Gasteiger partial charge in [0, 0.05) is 59.4 Å². The first-order valence-electron chi connectivity index (χ1n) is 8.63. The third-order valence-corrected chi connectivity index (χ3v) is 3.81. The minimum Gasteiger partial charge on any atom is -0.263 e. The van der Waals surface area contributed by atoms with Gasteiger partial charge in [-0.2, -0.15) is 0 Å². The topological polar surface area (TPSA) is 51.6 Å². The third-order valence-electron chi connectivity index (χ3n) is 3.81. The van der Waals surface area contributed by atoms with Crippen LogP contribution in [-0.4, -0.2) is 19.9 Å². The zero-order valence-corrected chi connectivity index (χ0v) is 14.9. The summed E-state index contributed by atoms with van der Waals surface area (Å²) >= 11 is 0. The molecule has 130 valence electrons. The van der Waals surface area contributed by atoms with E-state index in [9.17, 15) is 0 Å². The van der Waals surface area contributed by atoms with Gasteiger partial charge >= 0.3 is 0 Å². The van der Waals surface area contributed by atoms with Crippen molar-refractivity contribution in [3.8, 4) is 35.1 Å². The Bertz CT molecular complexity index is 1080. The van der Waals surface area contributed by atoms with E-state index in [0.717, 1.165) is 33.6 Å². The predicted molar refractivity (Wildman–Crippen MR) is 108 cm³/mol. The van der Waals surface area contributed by atoms with Crippen LogP contribution in [0.4, 0.5) is 0 Å². The molecule has 4 aromatic heterocycles. The maximum absolute atomic E-state index is 4.46. The minimum absolute atomic E-state index is 0.790. The highest BCUT2D eigenvalue weighted by atomic mass is 14.8. The van der Waals surface area contributed by atoms with E-state index in [2.05, 4.69) is 43.6 Å². The van der Waals surface area contributed by atoms with Gasteiger partial charge in [0.15, 0.2) is 0 Å². The highest BCUT2D eigenvalue weighted by molar-refractivity contribution is 5.56. The van der Waals surface area contributed by atoms with Crippen molar-refractivity contribution < 1.29 is 0 Å². The molecule has 0 saturated carbocycles. The Hall–Kier alpha value is -4.28. The maximum Gasteiger partial charge on any atom is 0.0887 e. The molecule has 4 nitrogen and oxygen atoms in total. The fourth-order valence-corrected chi connectivity index (χ4v) is 2.40. The predicted octanol–water partition coefficient (Wildman–Crippen LogP) is 3.73. The van der Waals surface area contributed by atoms with E-state index in [1.165, 1.54) is 0 Å². The molecule has 4 heterocycles. The smallest absolute Gasteiger partial charge is 0.0887 e. The molecular formula is C24H14N4. The molecule has 0 unspecified atom stereocenters. The average molecular weight is 358 g/mol. The highest BCUT2D eigenvalue weighted by Gasteiger charge is 2.00. The Kier molecular flexibility index (Phi) is 5.15. The fraction of sp³-hybridized carbons (Fsp3) is 0. The SMILES string of the molecule is C(#Cc1ccc(-c2ccc(C#Cc3cccnc3)cn2)nc1)c1cccnc1. The van der Waals surface area contributed by atoms with Crippen LogP contribution in [0.1, 0.15) is 22.3 Å². The summed E-state index contributed by atoms with van der Waals surface area (Å²) < 4.78 is 0. The van der Waals surface area contributed by atoms with Crippen molar-refractivity contribution in [2.75, 3.05) is 0 Å². The van der Waals surface area contributed by atoms with E-state index in [-0.39, 0.29) is 0 Å². The summed E-state index contributed by atoms with van der Waals surface area (Å²) in [7, 11) is 0. The van der Waals surface area contributed by atoms with Gasteiger partial charge in [0.2, 0.25) is 0 Å². The standard InChI is InChI=1S/C24H14N4/c1-3-19(15-25-13-1)5-7-21-9-11-23(27-17-21)24-12-10-22(18-28-24)8-6-20-4-2-14-26-16-20/h1-4,9-18H. The van der Waals surface area contributed by atoms with Crippen LogP contribution in [0.25, 0.3) is 11.4 Å². The van der Waals surface area contributed by atoms with Gasteiger partial charge in [0.25, 0.3) is 0 Å². The van der Waals surface area contributed by atoms with E-state index in [1.807, 2.05) is 48.5 Å². The average Bonchev–Trinajstić information content (AvgIpc) is 2.78. The molecule has 0 radical (unpaired) electrons. The summed E-state index contributed by atoms with van der Waals surface area (Å²) in [5.74, 6) is 12.3. The third kappa shape index (κ3) is 4.46. The van der Waals surface area contributed by atoms with Crippen molar-refractivity contribution in [2.45, 2.75) is 0 Å². The minimum atomic E-state index is 0.790. The lowest BCUT2D eigenvalue weighted by Crippen LogP contribution is -1.89. The second-order valence-electron chi connectivity index (χ2n) is 5.85. The largest absolute Gasteiger partial charge is 0.263 e. The van der Waals surface area contributed by atoms with Gasteiger partial charge in [0.1, 0.15) is 0 Å². The molecule has 4 aromatic rings. The molecule has 0 bridgehead atoms. The molecule has 0 saturated heterocycles. The van der Waals surface area contributed by atoms with Crippen molar-refractivity contribution in [1.29, 1.82) is 0 Å². The number of rotatable bonds is 1. The Morgan fingerprint density at radius 1 is 0.464 bits per heavy atom. The number of hydrogen-bond donors (Lipinski definition) is 0. The van der Waals surface area contributed by atoms with Crippen molar-refractivity contribution >= 4 is 0 Å². The quantitative estimate of drug-likeness (QED) is 0.487. The van der Waals surface area contributed by atoms with Gasteiger partial charge in [-0.15, -0.1) is 0 Å². The molecule has 0 aromatic carbocycles. The summed E-state index contributed by atoms with van der Waals surface area (Å²) in [5.41, 5.74) is 5.00. The molecule has 0 aliphatic heterocycles. The molecule has 0 amide bonds. The van der Waals surface area contributed by atoms with Gasteiger partial charge in [-0.05, 0) is 48.5 Å². The fourth-order valence-electron chi connectivity index (χ4n) is 2.40. The van der Waals surface area contributed by atoms with Crippen molar-refractivity contribution in [2.24, 2.45) is 0 Å². The van der Waals surface area contributed by atoms with E-state index >= 15 is 0 Å². The first-order chi connectivity index (χ1) is 13.9. The highest BCUT2D eigenvalue weighted by Crippen LogP contribution is 2.14. The molecule has 0 fully saturated rings. The molecule has 0 spiro atoms. The number of hydrogen-bond acceptors (Lipinski definition) is 4. The van der Waals surface area contributed by atoms with E-state index in [4.69, 9.17) is 0 Å². The van der Waals surface area contributed by atoms with Crippen LogP contribution >= 0.6 is 0 Å². The lowest BCUT2D eigenvalue weighted by Gasteiger charge is -2.00. The summed E-state index contributed by atoms with van der Waals surface area (Å²) in [5, 5.41) is 0. The lowest BCUT2D eigenvalue weighted by molar-refractivity contribution is 1.23. The Balaban J connectivity index is 1.48. The molecule has 4 rings (SSSR count). The number of nitrogens with zero attached hydrogens (tertiary/aromatic N) is 4. The summed E-state index contributed by atoms with van der Waals surface area (Å²) in [4.78, 5) is 17.0. The normalized spacial score (nSPS) is 9.57. The first-order valence-corrected chi connectivity index (χ1v) is 8.63.